The molecule has 6 heteroatoms. The SMILES string of the molecule is COc1cc(-c2ccc3nccc(NC4CCC(N(C)C)CC4)c3c2)cc(Cl)c1O. The van der Waals surface area contributed by atoms with E-state index in [9.17, 15) is 5.11 Å². The summed E-state index contributed by atoms with van der Waals surface area (Å²) in [4.78, 5) is 6.87. The van der Waals surface area contributed by atoms with Crippen molar-refractivity contribution < 1.29 is 9.84 Å². The number of phenolic OH excluding ortho intramolecular Hbond substituents is 1. The Labute approximate surface area is 182 Å². The van der Waals surface area contributed by atoms with Crippen molar-refractivity contribution >= 4 is 28.2 Å². The van der Waals surface area contributed by atoms with Crippen molar-refractivity contribution in [1.29, 1.82) is 0 Å². The number of pyridine rings is 1. The summed E-state index contributed by atoms with van der Waals surface area (Å²) in [6.45, 7) is 0. The third-order valence-electron chi connectivity index (χ3n) is 6.11. The van der Waals surface area contributed by atoms with E-state index in [-0.39, 0.29) is 10.8 Å². The molecular weight excluding hydrogens is 398 g/mol. The number of nitrogens with zero attached hydrogens (tertiary/aromatic N) is 2. The van der Waals surface area contributed by atoms with Gasteiger partial charge >= 0.3 is 0 Å². The molecule has 1 aromatic heterocycles. The largest absolute Gasteiger partial charge is 0.503 e. The van der Waals surface area contributed by atoms with Crippen LogP contribution in [0.25, 0.3) is 22.0 Å². The molecule has 0 saturated heterocycles. The minimum atomic E-state index is -0.0407. The van der Waals surface area contributed by atoms with E-state index in [1.54, 1.807) is 12.1 Å². The maximum atomic E-state index is 10.0. The zero-order valence-corrected chi connectivity index (χ0v) is 18.4. The molecule has 1 heterocycles. The smallest absolute Gasteiger partial charge is 0.176 e. The van der Waals surface area contributed by atoms with Crippen molar-refractivity contribution in [3.63, 3.8) is 0 Å². The molecule has 0 atom stereocenters. The van der Waals surface area contributed by atoms with Gasteiger partial charge in [-0.15, -0.1) is 0 Å². The number of aromatic nitrogens is 1. The van der Waals surface area contributed by atoms with Crippen LogP contribution in [0, 0.1) is 0 Å². The molecule has 2 N–H and O–H groups in total. The van der Waals surface area contributed by atoms with Gasteiger partial charge in [-0.25, -0.2) is 0 Å². The van der Waals surface area contributed by atoms with Crippen molar-refractivity contribution in [3.8, 4) is 22.6 Å². The molecule has 158 valence electrons. The summed E-state index contributed by atoms with van der Waals surface area (Å²) in [7, 11) is 5.86. The third kappa shape index (κ3) is 4.18. The van der Waals surface area contributed by atoms with Gasteiger partial charge < -0.3 is 20.1 Å². The normalized spacial score (nSPS) is 19.2. The highest BCUT2D eigenvalue weighted by molar-refractivity contribution is 6.32. The summed E-state index contributed by atoms with van der Waals surface area (Å²) < 4.78 is 5.26. The molecule has 0 amide bonds. The first-order valence-corrected chi connectivity index (χ1v) is 10.7. The predicted octanol–water partition coefficient (Wildman–Crippen LogP) is 5.55. The lowest BCUT2D eigenvalue weighted by Gasteiger charge is -2.33. The Morgan fingerprint density at radius 2 is 1.83 bits per heavy atom. The summed E-state index contributed by atoms with van der Waals surface area (Å²) in [5.41, 5.74) is 3.93. The highest BCUT2D eigenvalue weighted by Crippen LogP contribution is 2.39. The molecule has 0 spiro atoms. The lowest BCUT2D eigenvalue weighted by atomic mass is 9.90. The summed E-state index contributed by atoms with van der Waals surface area (Å²) in [6.07, 6.45) is 6.61. The van der Waals surface area contributed by atoms with Gasteiger partial charge in [-0.3, -0.25) is 4.98 Å². The van der Waals surface area contributed by atoms with Crippen LogP contribution in [-0.4, -0.2) is 48.3 Å². The minimum Gasteiger partial charge on any atom is -0.503 e. The number of halogens is 1. The standard InChI is InChI=1S/C24H28ClN3O2/c1-28(2)18-7-5-17(6-8-18)27-22-10-11-26-21-9-4-15(12-19(21)22)16-13-20(25)24(29)23(14-16)30-3/h4,9-14,17-18,29H,5-8H2,1-3H3,(H,26,27). The molecular formula is C24H28ClN3O2. The third-order valence-corrected chi connectivity index (χ3v) is 6.40. The van der Waals surface area contributed by atoms with Crippen LogP contribution in [0.15, 0.2) is 42.6 Å². The van der Waals surface area contributed by atoms with E-state index in [4.69, 9.17) is 16.3 Å². The highest BCUT2D eigenvalue weighted by atomic mass is 35.5. The van der Waals surface area contributed by atoms with Gasteiger partial charge in [0.1, 0.15) is 0 Å². The molecule has 1 aliphatic rings. The first-order chi connectivity index (χ1) is 14.5. The van der Waals surface area contributed by atoms with Gasteiger partial charge in [0.2, 0.25) is 0 Å². The molecule has 4 rings (SSSR count). The number of phenols is 1. The molecule has 3 aromatic rings. The number of benzene rings is 2. The van der Waals surface area contributed by atoms with Gasteiger partial charge in [-0.05, 0) is 81.2 Å². The minimum absolute atomic E-state index is 0.0407. The molecule has 30 heavy (non-hydrogen) atoms. The van der Waals surface area contributed by atoms with E-state index in [1.807, 2.05) is 18.3 Å². The quantitative estimate of drug-likeness (QED) is 0.560. The zero-order chi connectivity index (χ0) is 21.3. The lowest BCUT2D eigenvalue weighted by molar-refractivity contribution is 0.221. The van der Waals surface area contributed by atoms with E-state index in [0.29, 0.717) is 17.8 Å². The van der Waals surface area contributed by atoms with Crippen LogP contribution in [0.1, 0.15) is 25.7 Å². The van der Waals surface area contributed by atoms with Crippen molar-refractivity contribution in [1.82, 2.24) is 9.88 Å². The molecule has 5 nitrogen and oxygen atoms in total. The van der Waals surface area contributed by atoms with E-state index >= 15 is 0 Å². The molecule has 2 aromatic carbocycles. The van der Waals surface area contributed by atoms with Gasteiger partial charge in [0.25, 0.3) is 0 Å². The van der Waals surface area contributed by atoms with E-state index in [2.05, 4.69) is 41.4 Å². The van der Waals surface area contributed by atoms with Crippen LogP contribution >= 0.6 is 11.6 Å². The zero-order valence-electron chi connectivity index (χ0n) is 17.7. The second kappa shape index (κ2) is 8.70. The number of aromatic hydroxyl groups is 1. The number of rotatable bonds is 5. The van der Waals surface area contributed by atoms with E-state index in [0.717, 1.165) is 40.6 Å². The summed E-state index contributed by atoms with van der Waals surface area (Å²) in [5.74, 6) is 0.320. The summed E-state index contributed by atoms with van der Waals surface area (Å²) >= 11 is 6.20. The van der Waals surface area contributed by atoms with E-state index in [1.165, 1.54) is 20.0 Å². The fraction of sp³-hybridized carbons (Fsp3) is 0.375. The fourth-order valence-electron chi connectivity index (χ4n) is 4.30. The Morgan fingerprint density at radius 3 is 2.53 bits per heavy atom. The maximum Gasteiger partial charge on any atom is 0.176 e. The van der Waals surface area contributed by atoms with Gasteiger partial charge in [-0.2, -0.15) is 0 Å². The molecule has 0 radical (unpaired) electrons. The predicted molar refractivity (Wildman–Crippen MR) is 124 cm³/mol. The number of methoxy groups -OCH3 is 1. The molecule has 1 aliphatic carbocycles. The molecule has 0 aliphatic heterocycles. The average Bonchev–Trinajstić information content (AvgIpc) is 2.76. The lowest BCUT2D eigenvalue weighted by Crippen LogP contribution is -2.36. The highest BCUT2D eigenvalue weighted by Gasteiger charge is 2.22. The number of hydrogen-bond donors (Lipinski definition) is 2. The second-order valence-corrected chi connectivity index (χ2v) is 8.62. The van der Waals surface area contributed by atoms with Crippen LogP contribution in [0.5, 0.6) is 11.5 Å². The number of ether oxygens (including phenoxy) is 1. The van der Waals surface area contributed by atoms with Gasteiger partial charge in [0, 0.05) is 29.4 Å². The second-order valence-electron chi connectivity index (χ2n) is 8.21. The molecule has 1 fully saturated rings. The number of nitrogens with one attached hydrogen (secondary N) is 1. The van der Waals surface area contributed by atoms with Gasteiger partial charge in [-0.1, -0.05) is 17.7 Å². The Kier molecular flexibility index (Phi) is 6.02. The van der Waals surface area contributed by atoms with Crippen LogP contribution in [0.4, 0.5) is 5.69 Å². The summed E-state index contributed by atoms with van der Waals surface area (Å²) in [6, 6.07) is 12.9. The molecule has 0 bridgehead atoms. The summed E-state index contributed by atoms with van der Waals surface area (Å²) in [5, 5.41) is 15.1. The Morgan fingerprint density at radius 1 is 1.07 bits per heavy atom. The number of fused-ring (bicyclic) bond motifs is 1. The average molecular weight is 426 g/mol. The van der Waals surface area contributed by atoms with Gasteiger partial charge in [0.15, 0.2) is 11.5 Å². The first kappa shape index (κ1) is 20.8. The van der Waals surface area contributed by atoms with Crippen LogP contribution in [0.2, 0.25) is 5.02 Å². The molecule has 1 saturated carbocycles. The van der Waals surface area contributed by atoms with Crippen molar-refractivity contribution in [3.05, 3.63) is 47.6 Å². The van der Waals surface area contributed by atoms with Crippen molar-refractivity contribution in [2.45, 2.75) is 37.8 Å². The fourth-order valence-corrected chi connectivity index (χ4v) is 4.51. The van der Waals surface area contributed by atoms with Crippen molar-refractivity contribution in [2.24, 2.45) is 0 Å². The topological polar surface area (TPSA) is 57.6 Å². The monoisotopic (exact) mass is 425 g/mol. The van der Waals surface area contributed by atoms with Crippen LogP contribution < -0.4 is 10.1 Å². The van der Waals surface area contributed by atoms with Crippen molar-refractivity contribution in [2.75, 3.05) is 26.5 Å². The molecule has 0 unspecified atom stereocenters. The first-order valence-electron chi connectivity index (χ1n) is 10.3. The maximum absolute atomic E-state index is 10.0. The number of anilines is 1. The van der Waals surface area contributed by atoms with E-state index < -0.39 is 0 Å². The van der Waals surface area contributed by atoms with Crippen LogP contribution in [0.3, 0.4) is 0 Å². The van der Waals surface area contributed by atoms with Crippen LogP contribution in [-0.2, 0) is 0 Å². The number of hydrogen-bond acceptors (Lipinski definition) is 5. The Balaban J connectivity index is 1.64. The van der Waals surface area contributed by atoms with Gasteiger partial charge in [0.05, 0.1) is 17.6 Å². The Hall–Kier alpha value is -2.50. The Bertz CT molecular complexity index is 1050.